The van der Waals surface area contributed by atoms with Crippen LogP contribution in [0.25, 0.3) is 0 Å². The Hall–Kier alpha value is -1.29. The minimum absolute atomic E-state index is 0. The van der Waals surface area contributed by atoms with Crippen LogP contribution < -0.4 is 5.32 Å². The lowest BCUT2D eigenvalue weighted by Crippen LogP contribution is -2.49. The summed E-state index contributed by atoms with van der Waals surface area (Å²) in [4.78, 5) is 16.2. The molecule has 2 fully saturated rings. The number of nitrogens with zero attached hydrogens (tertiary/aromatic N) is 2. The van der Waals surface area contributed by atoms with Gasteiger partial charge in [-0.25, -0.2) is 8.42 Å². The quantitative estimate of drug-likeness (QED) is 0.809. The Labute approximate surface area is 157 Å². The highest BCUT2D eigenvalue weighted by atomic mass is 35.5. The summed E-state index contributed by atoms with van der Waals surface area (Å²) < 4.78 is 48.0. The van der Waals surface area contributed by atoms with E-state index >= 15 is 0 Å². The molecule has 1 atom stereocenters. The Morgan fingerprint density at radius 1 is 1.12 bits per heavy atom. The molecule has 2 saturated heterocycles. The van der Waals surface area contributed by atoms with Crippen molar-refractivity contribution in [2.75, 3.05) is 39.3 Å². The molecule has 146 valence electrons. The van der Waals surface area contributed by atoms with Crippen LogP contribution in [-0.4, -0.2) is 75.2 Å². The van der Waals surface area contributed by atoms with E-state index in [0.29, 0.717) is 24.7 Å². The highest BCUT2D eigenvalue weighted by molar-refractivity contribution is 7.91. The predicted octanol–water partition coefficient (Wildman–Crippen LogP) is 1.22. The maximum absolute atomic E-state index is 12.6. The third-order valence-corrected chi connectivity index (χ3v) is 6.18. The average molecular weight is 410 g/mol. The van der Waals surface area contributed by atoms with Gasteiger partial charge in [-0.2, -0.15) is 8.78 Å². The molecule has 2 heterocycles. The molecule has 3 rings (SSSR count). The molecule has 0 aliphatic carbocycles. The fourth-order valence-corrected chi connectivity index (χ4v) is 4.07. The van der Waals surface area contributed by atoms with E-state index in [-0.39, 0.29) is 18.3 Å². The van der Waals surface area contributed by atoms with Gasteiger partial charge in [0.1, 0.15) is 0 Å². The van der Waals surface area contributed by atoms with Crippen molar-refractivity contribution in [2.24, 2.45) is 0 Å². The van der Waals surface area contributed by atoms with E-state index in [1.807, 2.05) is 0 Å². The number of hydrogen-bond donors (Lipinski definition) is 1. The molecule has 1 amide bonds. The summed E-state index contributed by atoms with van der Waals surface area (Å²) in [5.41, 5.74) is 0.314. The topological polar surface area (TPSA) is 69.7 Å². The fourth-order valence-electron chi connectivity index (χ4n) is 3.34. The number of amides is 1. The summed E-state index contributed by atoms with van der Waals surface area (Å²) >= 11 is 0. The van der Waals surface area contributed by atoms with Gasteiger partial charge in [0.05, 0.1) is 4.90 Å². The average Bonchev–Trinajstić information content (AvgIpc) is 3.12. The van der Waals surface area contributed by atoms with Crippen molar-refractivity contribution in [1.29, 1.82) is 0 Å². The number of piperazine rings is 1. The molecule has 6 nitrogen and oxygen atoms in total. The highest BCUT2D eigenvalue weighted by Crippen LogP contribution is 2.21. The smallest absolute Gasteiger partial charge is 0.337 e. The number of nitrogens with one attached hydrogen (secondary N) is 1. The number of carbonyl (C=O) groups excluding carboxylic acids is 1. The first-order valence-corrected chi connectivity index (χ1v) is 9.80. The van der Waals surface area contributed by atoms with Gasteiger partial charge in [-0.1, -0.05) is 0 Å². The largest absolute Gasteiger partial charge is 0.341 e. The molecule has 0 radical (unpaired) electrons. The van der Waals surface area contributed by atoms with Gasteiger partial charge >= 0.3 is 5.76 Å². The molecule has 2 aliphatic rings. The van der Waals surface area contributed by atoms with E-state index in [1.165, 1.54) is 12.1 Å². The van der Waals surface area contributed by atoms with Crippen molar-refractivity contribution in [3.8, 4) is 0 Å². The molecule has 1 aromatic rings. The SMILES string of the molecule is Cl.O=C(c1ccc(S(=O)(=O)C(F)F)cc1)N1CCC(N2CCNCC2)C1. The Morgan fingerprint density at radius 2 is 1.73 bits per heavy atom. The van der Waals surface area contributed by atoms with Gasteiger partial charge in [-0.3, -0.25) is 9.69 Å². The molecule has 0 saturated carbocycles. The van der Waals surface area contributed by atoms with Crippen molar-refractivity contribution >= 4 is 28.2 Å². The van der Waals surface area contributed by atoms with E-state index in [4.69, 9.17) is 0 Å². The summed E-state index contributed by atoms with van der Waals surface area (Å²) in [6.45, 7) is 5.11. The number of carbonyl (C=O) groups is 1. The molecule has 0 bridgehead atoms. The minimum atomic E-state index is -4.63. The lowest BCUT2D eigenvalue weighted by Gasteiger charge is -2.32. The zero-order chi connectivity index (χ0) is 18.0. The number of halogens is 3. The second kappa shape index (κ2) is 8.60. The highest BCUT2D eigenvalue weighted by Gasteiger charge is 2.32. The lowest BCUT2D eigenvalue weighted by atomic mass is 10.2. The minimum Gasteiger partial charge on any atom is -0.337 e. The maximum Gasteiger partial charge on any atom is 0.341 e. The van der Waals surface area contributed by atoms with Crippen LogP contribution >= 0.6 is 12.4 Å². The monoisotopic (exact) mass is 409 g/mol. The van der Waals surface area contributed by atoms with Crippen molar-refractivity contribution < 1.29 is 22.0 Å². The lowest BCUT2D eigenvalue weighted by molar-refractivity contribution is 0.0773. The van der Waals surface area contributed by atoms with Crippen LogP contribution in [0.2, 0.25) is 0 Å². The Bertz CT molecular complexity index is 725. The second-order valence-electron chi connectivity index (χ2n) is 6.31. The van der Waals surface area contributed by atoms with Gasteiger partial charge in [0, 0.05) is 50.9 Å². The third kappa shape index (κ3) is 4.33. The van der Waals surface area contributed by atoms with Crippen LogP contribution in [0.1, 0.15) is 16.8 Å². The van der Waals surface area contributed by atoms with Gasteiger partial charge in [0.25, 0.3) is 5.91 Å². The third-order valence-electron chi connectivity index (χ3n) is 4.78. The zero-order valence-corrected chi connectivity index (χ0v) is 15.7. The molecular weight excluding hydrogens is 388 g/mol. The molecule has 0 spiro atoms. The van der Waals surface area contributed by atoms with Crippen molar-refractivity contribution in [3.05, 3.63) is 29.8 Å². The van der Waals surface area contributed by atoms with E-state index in [2.05, 4.69) is 10.2 Å². The van der Waals surface area contributed by atoms with E-state index in [9.17, 15) is 22.0 Å². The summed E-state index contributed by atoms with van der Waals surface area (Å²) in [5, 5.41) is 3.30. The molecule has 1 unspecified atom stereocenters. The molecular formula is C16H22ClF2N3O3S. The number of likely N-dealkylation sites (tertiary alicyclic amines) is 1. The summed E-state index contributed by atoms with van der Waals surface area (Å²) in [6.07, 6.45) is 0.906. The second-order valence-corrected chi connectivity index (χ2v) is 8.23. The molecule has 10 heteroatoms. The number of rotatable bonds is 4. The van der Waals surface area contributed by atoms with E-state index < -0.39 is 20.5 Å². The molecule has 26 heavy (non-hydrogen) atoms. The first-order valence-electron chi connectivity index (χ1n) is 8.26. The Kier molecular flexibility index (Phi) is 6.95. The number of hydrogen-bond acceptors (Lipinski definition) is 5. The fraction of sp³-hybridized carbons (Fsp3) is 0.562. The molecule has 1 N–H and O–H groups in total. The maximum atomic E-state index is 12.6. The first kappa shape index (κ1) is 21.0. The molecule has 0 aromatic heterocycles. The molecule has 2 aliphatic heterocycles. The van der Waals surface area contributed by atoms with Crippen LogP contribution in [0.4, 0.5) is 8.78 Å². The molecule has 1 aromatic carbocycles. The van der Waals surface area contributed by atoms with Gasteiger partial charge in [-0.05, 0) is 30.7 Å². The predicted molar refractivity (Wildman–Crippen MR) is 95.6 cm³/mol. The van der Waals surface area contributed by atoms with E-state index in [0.717, 1.165) is 44.7 Å². The van der Waals surface area contributed by atoms with Crippen LogP contribution in [0.3, 0.4) is 0 Å². The van der Waals surface area contributed by atoms with Crippen LogP contribution in [0, 0.1) is 0 Å². The van der Waals surface area contributed by atoms with E-state index in [1.54, 1.807) is 4.90 Å². The van der Waals surface area contributed by atoms with Crippen LogP contribution in [-0.2, 0) is 9.84 Å². The van der Waals surface area contributed by atoms with Gasteiger partial charge in [0.15, 0.2) is 0 Å². The van der Waals surface area contributed by atoms with Gasteiger partial charge in [0.2, 0.25) is 9.84 Å². The number of benzene rings is 1. The Morgan fingerprint density at radius 3 is 2.31 bits per heavy atom. The van der Waals surface area contributed by atoms with Gasteiger partial charge < -0.3 is 10.2 Å². The number of sulfone groups is 1. The normalized spacial score (nSPS) is 21.7. The Balaban J connectivity index is 0.00000243. The summed E-state index contributed by atoms with van der Waals surface area (Å²) in [5.74, 6) is -3.66. The summed E-state index contributed by atoms with van der Waals surface area (Å²) in [7, 11) is -4.63. The van der Waals surface area contributed by atoms with Crippen LogP contribution in [0.15, 0.2) is 29.2 Å². The summed E-state index contributed by atoms with van der Waals surface area (Å²) in [6, 6.07) is 5.08. The standard InChI is InChI=1S/C16H21F2N3O3S.ClH/c17-16(18)25(23,24)14-3-1-12(2-4-14)15(22)21-8-5-13(11-21)20-9-6-19-7-10-20;/h1-4,13,16,19H,5-11H2;1H. The van der Waals surface area contributed by atoms with Crippen LogP contribution in [0.5, 0.6) is 0 Å². The number of alkyl halides is 2. The zero-order valence-electron chi connectivity index (χ0n) is 14.1. The van der Waals surface area contributed by atoms with Gasteiger partial charge in [-0.15, -0.1) is 12.4 Å². The van der Waals surface area contributed by atoms with Crippen molar-refractivity contribution in [2.45, 2.75) is 23.1 Å². The first-order chi connectivity index (χ1) is 11.9. The van der Waals surface area contributed by atoms with Crippen molar-refractivity contribution in [1.82, 2.24) is 15.1 Å². The van der Waals surface area contributed by atoms with Crippen molar-refractivity contribution in [3.63, 3.8) is 0 Å².